The lowest BCUT2D eigenvalue weighted by Gasteiger charge is -2.12. The molecule has 0 unspecified atom stereocenters. The topological polar surface area (TPSA) is 55.2 Å². The van der Waals surface area contributed by atoms with E-state index in [9.17, 15) is 18.9 Å². The molecular formula is C13H9ClF2N2O2S. The van der Waals surface area contributed by atoms with Crippen molar-refractivity contribution in [2.45, 2.75) is 10.7 Å². The van der Waals surface area contributed by atoms with Crippen LogP contribution in [0.4, 0.5) is 25.8 Å². The van der Waals surface area contributed by atoms with Gasteiger partial charge in [0.15, 0.2) is 0 Å². The van der Waals surface area contributed by atoms with Crippen molar-refractivity contribution < 1.29 is 13.7 Å². The van der Waals surface area contributed by atoms with E-state index in [1.165, 1.54) is 18.2 Å². The summed E-state index contributed by atoms with van der Waals surface area (Å²) in [5, 5.41) is 13.8. The number of anilines is 2. The molecule has 0 amide bonds. The van der Waals surface area contributed by atoms with E-state index in [-0.39, 0.29) is 16.4 Å². The Kier molecular flexibility index (Phi) is 4.98. The van der Waals surface area contributed by atoms with E-state index >= 15 is 0 Å². The number of para-hydroxylation sites is 2. The molecule has 4 nitrogen and oxygen atoms in total. The lowest BCUT2D eigenvalue weighted by molar-refractivity contribution is -0.383. The van der Waals surface area contributed by atoms with Crippen molar-refractivity contribution in [1.82, 2.24) is 0 Å². The molecule has 0 radical (unpaired) electrons. The molecule has 0 spiro atoms. The highest BCUT2D eigenvalue weighted by Crippen LogP contribution is 2.38. The van der Waals surface area contributed by atoms with Crippen molar-refractivity contribution >= 4 is 40.4 Å². The molecule has 0 bridgehead atoms. The van der Waals surface area contributed by atoms with E-state index in [0.717, 1.165) is 0 Å². The maximum absolute atomic E-state index is 12.5. The van der Waals surface area contributed by atoms with E-state index in [1.54, 1.807) is 24.3 Å². The van der Waals surface area contributed by atoms with Crippen LogP contribution in [-0.2, 0) is 0 Å². The fraction of sp³-hybridized carbons (Fsp3) is 0.0769. The minimum atomic E-state index is -2.58. The van der Waals surface area contributed by atoms with Gasteiger partial charge in [-0.2, -0.15) is 8.78 Å². The Hall–Kier alpha value is -1.86. The number of halogens is 3. The molecule has 2 rings (SSSR count). The zero-order chi connectivity index (χ0) is 15.4. The molecule has 0 saturated carbocycles. The van der Waals surface area contributed by atoms with Crippen LogP contribution in [0.15, 0.2) is 47.4 Å². The Bertz CT molecular complexity index is 670. The Morgan fingerprint density at radius 1 is 1.14 bits per heavy atom. The number of nitrogens with zero attached hydrogens (tertiary/aromatic N) is 1. The third kappa shape index (κ3) is 3.83. The predicted octanol–water partition coefficient (Wildman–Crippen LogP) is 5.31. The standard InChI is InChI=1S/C13H9ClF2N2O2S/c14-8-4-3-6-10(12(8)18(19)20)17-9-5-1-2-7-11(9)21-13(15)16/h1-7,13,17H. The Morgan fingerprint density at radius 2 is 1.81 bits per heavy atom. The molecular weight excluding hydrogens is 322 g/mol. The number of hydrogen-bond acceptors (Lipinski definition) is 4. The predicted molar refractivity (Wildman–Crippen MR) is 79.7 cm³/mol. The largest absolute Gasteiger partial charge is 0.349 e. The van der Waals surface area contributed by atoms with Gasteiger partial charge in [-0.3, -0.25) is 10.1 Å². The number of nitro benzene ring substituents is 1. The minimum absolute atomic E-state index is 0.0241. The third-order valence-corrected chi connectivity index (χ3v) is 3.63. The van der Waals surface area contributed by atoms with E-state index in [4.69, 9.17) is 11.6 Å². The summed E-state index contributed by atoms with van der Waals surface area (Å²) >= 11 is 6.17. The number of nitro groups is 1. The quantitative estimate of drug-likeness (QED) is 0.459. The van der Waals surface area contributed by atoms with Crippen molar-refractivity contribution in [3.05, 3.63) is 57.6 Å². The molecule has 21 heavy (non-hydrogen) atoms. The van der Waals surface area contributed by atoms with Crippen LogP contribution >= 0.6 is 23.4 Å². The number of nitrogens with one attached hydrogen (secondary N) is 1. The SMILES string of the molecule is O=[N+]([O-])c1c(Cl)cccc1Nc1ccccc1SC(F)F. The van der Waals surface area contributed by atoms with Crippen molar-refractivity contribution in [1.29, 1.82) is 0 Å². The summed E-state index contributed by atoms with van der Waals surface area (Å²) in [7, 11) is 0. The van der Waals surface area contributed by atoms with Gasteiger partial charge in [-0.15, -0.1) is 0 Å². The van der Waals surface area contributed by atoms with E-state index in [2.05, 4.69) is 5.32 Å². The summed E-state index contributed by atoms with van der Waals surface area (Å²) in [4.78, 5) is 10.7. The summed E-state index contributed by atoms with van der Waals surface area (Å²) in [6.45, 7) is 0. The van der Waals surface area contributed by atoms with Crippen LogP contribution in [-0.4, -0.2) is 10.7 Å². The van der Waals surface area contributed by atoms with Gasteiger partial charge in [0.2, 0.25) is 0 Å². The first-order chi connectivity index (χ1) is 9.99. The molecule has 0 fully saturated rings. The molecule has 8 heteroatoms. The highest BCUT2D eigenvalue weighted by molar-refractivity contribution is 7.99. The van der Waals surface area contributed by atoms with Crippen LogP contribution in [0.1, 0.15) is 0 Å². The molecule has 1 N–H and O–H groups in total. The van der Waals surface area contributed by atoms with Gasteiger partial charge >= 0.3 is 5.69 Å². The van der Waals surface area contributed by atoms with Crippen LogP contribution in [0.25, 0.3) is 0 Å². The first-order valence-electron chi connectivity index (χ1n) is 5.73. The van der Waals surface area contributed by atoms with Crippen LogP contribution in [0.3, 0.4) is 0 Å². The Balaban J connectivity index is 2.39. The fourth-order valence-electron chi connectivity index (χ4n) is 1.72. The summed E-state index contributed by atoms with van der Waals surface area (Å²) in [6, 6.07) is 10.7. The first-order valence-corrected chi connectivity index (χ1v) is 6.98. The van der Waals surface area contributed by atoms with Gasteiger partial charge in [-0.05, 0) is 24.3 Å². The lowest BCUT2D eigenvalue weighted by Crippen LogP contribution is -1.99. The average Bonchev–Trinajstić information content (AvgIpc) is 2.40. The molecule has 0 saturated heterocycles. The molecule has 2 aromatic carbocycles. The van der Waals surface area contributed by atoms with Crippen LogP contribution in [0, 0.1) is 10.1 Å². The number of hydrogen-bond donors (Lipinski definition) is 1. The zero-order valence-corrected chi connectivity index (χ0v) is 12.0. The summed E-state index contributed by atoms with van der Waals surface area (Å²) < 4.78 is 25.0. The van der Waals surface area contributed by atoms with Gasteiger partial charge in [0.05, 0.1) is 10.6 Å². The molecule has 0 aliphatic rings. The number of benzene rings is 2. The second-order valence-electron chi connectivity index (χ2n) is 3.89. The molecule has 0 heterocycles. The second kappa shape index (κ2) is 6.73. The zero-order valence-electron chi connectivity index (χ0n) is 10.4. The molecule has 0 aliphatic heterocycles. The Morgan fingerprint density at radius 3 is 2.48 bits per heavy atom. The van der Waals surface area contributed by atoms with Gasteiger partial charge in [-0.1, -0.05) is 41.6 Å². The van der Waals surface area contributed by atoms with E-state index in [1.807, 2.05) is 0 Å². The molecule has 0 atom stereocenters. The maximum Gasteiger partial charge on any atom is 0.311 e. The fourth-order valence-corrected chi connectivity index (χ4v) is 2.55. The van der Waals surface area contributed by atoms with Gasteiger partial charge < -0.3 is 5.32 Å². The smallest absolute Gasteiger partial charge is 0.311 e. The van der Waals surface area contributed by atoms with E-state index < -0.39 is 10.7 Å². The first kappa shape index (κ1) is 15.5. The molecule has 0 aliphatic carbocycles. The van der Waals surface area contributed by atoms with Crippen LogP contribution in [0.2, 0.25) is 5.02 Å². The number of alkyl halides is 2. The molecule has 2 aromatic rings. The highest BCUT2D eigenvalue weighted by Gasteiger charge is 2.19. The third-order valence-electron chi connectivity index (χ3n) is 2.54. The summed E-state index contributed by atoms with van der Waals surface area (Å²) in [5.41, 5.74) is 0.207. The monoisotopic (exact) mass is 330 g/mol. The summed E-state index contributed by atoms with van der Waals surface area (Å²) in [5.74, 6) is -2.58. The van der Waals surface area contributed by atoms with Crippen molar-refractivity contribution in [3.63, 3.8) is 0 Å². The van der Waals surface area contributed by atoms with Gasteiger partial charge in [0.25, 0.3) is 5.76 Å². The van der Waals surface area contributed by atoms with Gasteiger partial charge in [-0.25, -0.2) is 0 Å². The van der Waals surface area contributed by atoms with Crippen molar-refractivity contribution in [3.8, 4) is 0 Å². The molecule has 110 valence electrons. The number of rotatable bonds is 5. The van der Waals surface area contributed by atoms with Crippen molar-refractivity contribution in [2.24, 2.45) is 0 Å². The lowest BCUT2D eigenvalue weighted by atomic mass is 10.2. The van der Waals surface area contributed by atoms with Gasteiger partial charge in [0.1, 0.15) is 10.7 Å². The van der Waals surface area contributed by atoms with E-state index in [0.29, 0.717) is 22.3 Å². The average molecular weight is 331 g/mol. The Labute approximate surface area is 128 Å². The van der Waals surface area contributed by atoms with Crippen LogP contribution in [0.5, 0.6) is 0 Å². The van der Waals surface area contributed by atoms with Crippen molar-refractivity contribution in [2.75, 3.05) is 5.32 Å². The normalized spacial score (nSPS) is 10.7. The summed E-state index contributed by atoms with van der Waals surface area (Å²) in [6.07, 6.45) is 0. The number of thioether (sulfide) groups is 1. The highest BCUT2D eigenvalue weighted by atomic mass is 35.5. The molecule has 0 aromatic heterocycles. The maximum atomic E-state index is 12.5. The van der Waals surface area contributed by atoms with Gasteiger partial charge in [0, 0.05) is 4.90 Å². The van der Waals surface area contributed by atoms with Crippen LogP contribution < -0.4 is 5.32 Å². The second-order valence-corrected chi connectivity index (χ2v) is 5.33. The minimum Gasteiger partial charge on any atom is -0.349 e.